The third-order valence-electron chi connectivity index (χ3n) is 2.36. The molecule has 19 heavy (non-hydrogen) atoms. The molecule has 0 saturated carbocycles. The van der Waals surface area contributed by atoms with Crippen molar-refractivity contribution in [3.05, 3.63) is 35.4 Å². The van der Waals surface area contributed by atoms with Crippen LogP contribution in [0.5, 0.6) is 0 Å². The molecule has 6 heteroatoms. The Balaban J connectivity index is 2.55. The zero-order valence-corrected chi connectivity index (χ0v) is 10.3. The quantitative estimate of drug-likeness (QED) is 0.612. The molecule has 1 aromatic rings. The van der Waals surface area contributed by atoms with E-state index in [0.717, 1.165) is 12.1 Å². The first-order valence-corrected chi connectivity index (χ1v) is 5.70. The van der Waals surface area contributed by atoms with Gasteiger partial charge in [0.25, 0.3) is 0 Å². The van der Waals surface area contributed by atoms with Gasteiger partial charge in [-0.1, -0.05) is 19.1 Å². The fourth-order valence-electron chi connectivity index (χ4n) is 1.35. The minimum absolute atomic E-state index is 0.103. The van der Waals surface area contributed by atoms with Gasteiger partial charge in [0.2, 0.25) is 5.78 Å². The second-order valence-corrected chi connectivity index (χ2v) is 3.94. The van der Waals surface area contributed by atoms with Crippen molar-refractivity contribution in [3.63, 3.8) is 0 Å². The molecule has 0 heterocycles. The number of carbonyl (C=O) groups is 2. The Labute approximate surface area is 108 Å². The van der Waals surface area contributed by atoms with Crippen molar-refractivity contribution in [2.45, 2.75) is 32.5 Å². The molecule has 0 fully saturated rings. The molecule has 0 saturated heterocycles. The van der Waals surface area contributed by atoms with E-state index in [0.29, 0.717) is 12.0 Å². The summed E-state index contributed by atoms with van der Waals surface area (Å²) in [4.78, 5) is 22.3. The molecule has 0 amide bonds. The zero-order valence-electron chi connectivity index (χ0n) is 10.3. The van der Waals surface area contributed by atoms with Crippen molar-refractivity contribution in [3.8, 4) is 0 Å². The van der Waals surface area contributed by atoms with Gasteiger partial charge in [0.05, 0.1) is 5.56 Å². The molecule has 0 aliphatic rings. The molecule has 0 aromatic heterocycles. The first-order valence-electron chi connectivity index (χ1n) is 5.70. The highest BCUT2D eigenvalue weighted by Gasteiger charge is 2.29. The minimum atomic E-state index is -4.40. The summed E-state index contributed by atoms with van der Waals surface area (Å²) in [6, 6.07) is 4.22. The Hall–Kier alpha value is -1.85. The number of hydrogen-bond acceptors (Lipinski definition) is 3. The van der Waals surface area contributed by atoms with Crippen LogP contribution in [0.2, 0.25) is 0 Å². The molecule has 104 valence electrons. The van der Waals surface area contributed by atoms with E-state index in [1.54, 1.807) is 6.92 Å². The summed E-state index contributed by atoms with van der Waals surface area (Å²) in [5.41, 5.74) is -0.379. The van der Waals surface area contributed by atoms with Gasteiger partial charge in [0, 0.05) is 6.42 Å². The number of Topliss-reactive ketones (excluding diaryl/α,β-unsaturated/α-hetero) is 1. The number of benzene rings is 1. The predicted molar refractivity (Wildman–Crippen MR) is 61.2 cm³/mol. The van der Waals surface area contributed by atoms with E-state index in [4.69, 9.17) is 4.74 Å². The smallest absolute Gasteiger partial charge is 0.416 e. The summed E-state index contributed by atoms with van der Waals surface area (Å²) in [7, 11) is 0. The number of halogens is 3. The van der Waals surface area contributed by atoms with Crippen molar-refractivity contribution >= 4 is 11.8 Å². The standard InChI is InChI=1S/C13H13F3O3/c1-2-3-11(17)12(18)19-8-9-4-6-10(7-5-9)13(14,15)16/h4-7H,2-3,8H2,1H3. The highest BCUT2D eigenvalue weighted by Crippen LogP contribution is 2.29. The van der Waals surface area contributed by atoms with Crippen molar-refractivity contribution in [2.24, 2.45) is 0 Å². The van der Waals surface area contributed by atoms with Crippen LogP contribution in [0, 0.1) is 0 Å². The van der Waals surface area contributed by atoms with E-state index >= 15 is 0 Å². The van der Waals surface area contributed by atoms with Crippen LogP contribution < -0.4 is 0 Å². The molecule has 3 nitrogen and oxygen atoms in total. The second-order valence-electron chi connectivity index (χ2n) is 3.94. The average molecular weight is 274 g/mol. The topological polar surface area (TPSA) is 43.4 Å². The predicted octanol–water partition coefficient (Wildman–Crippen LogP) is 3.12. The van der Waals surface area contributed by atoms with Crippen LogP contribution in [0.3, 0.4) is 0 Å². The van der Waals surface area contributed by atoms with E-state index in [-0.39, 0.29) is 13.0 Å². The van der Waals surface area contributed by atoms with E-state index in [9.17, 15) is 22.8 Å². The van der Waals surface area contributed by atoms with Gasteiger partial charge in [-0.25, -0.2) is 4.79 Å². The van der Waals surface area contributed by atoms with Crippen molar-refractivity contribution in [1.29, 1.82) is 0 Å². The zero-order chi connectivity index (χ0) is 14.5. The van der Waals surface area contributed by atoms with Gasteiger partial charge in [0.1, 0.15) is 6.61 Å². The van der Waals surface area contributed by atoms with E-state index in [1.165, 1.54) is 12.1 Å². The SMILES string of the molecule is CCCC(=O)C(=O)OCc1ccc(C(F)(F)F)cc1. The lowest BCUT2D eigenvalue weighted by Gasteiger charge is -2.08. The molecular formula is C13H13F3O3. The Kier molecular flexibility index (Phi) is 5.09. The monoisotopic (exact) mass is 274 g/mol. The van der Waals surface area contributed by atoms with Crippen molar-refractivity contribution in [1.82, 2.24) is 0 Å². The van der Waals surface area contributed by atoms with Crippen molar-refractivity contribution in [2.75, 3.05) is 0 Å². The second kappa shape index (κ2) is 6.36. The first kappa shape index (κ1) is 15.2. The summed E-state index contributed by atoms with van der Waals surface area (Å²) in [6.07, 6.45) is -3.76. The molecule has 0 aliphatic carbocycles. The fraction of sp³-hybridized carbons (Fsp3) is 0.385. The number of rotatable bonds is 5. The molecule has 0 radical (unpaired) electrons. The molecule has 1 rings (SSSR count). The molecule has 0 N–H and O–H groups in total. The Morgan fingerprint density at radius 1 is 1.16 bits per heavy atom. The van der Waals surface area contributed by atoms with Crippen LogP contribution in [0.1, 0.15) is 30.9 Å². The summed E-state index contributed by atoms with van der Waals surface area (Å²) >= 11 is 0. The Morgan fingerprint density at radius 2 is 1.74 bits per heavy atom. The van der Waals surface area contributed by atoms with Gasteiger partial charge in [-0.05, 0) is 24.1 Å². The number of hydrogen-bond donors (Lipinski definition) is 0. The number of ketones is 1. The largest absolute Gasteiger partial charge is 0.455 e. The van der Waals surface area contributed by atoms with Crippen LogP contribution in [0.25, 0.3) is 0 Å². The van der Waals surface area contributed by atoms with Crippen LogP contribution in [-0.2, 0) is 27.1 Å². The summed E-state index contributed by atoms with van der Waals surface area (Å²) in [5.74, 6) is -1.59. The van der Waals surface area contributed by atoms with Crippen LogP contribution in [-0.4, -0.2) is 11.8 Å². The highest BCUT2D eigenvalue weighted by atomic mass is 19.4. The Bertz CT molecular complexity index is 449. The summed E-state index contributed by atoms with van der Waals surface area (Å²) in [6.45, 7) is 1.54. The molecule has 1 aromatic carbocycles. The van der Waals surface area contributed by atoms with Gasteiger partial charge < -0.3 is 4.74 Å². The maximum Gasteiger partial charge on any atom is 0.416 e. The maximum atomic E-state index is 12.3. The lowest BCUT2D eigenvalue weighted by Crippen LogP contribution is -2.16. The Morgan fingerprint density at radius 3 is 2.21 bits per heavy atom. The van der Waals surface area contributed by atoms with Gasteiger partial charge in [-0.15, -0.1) is 0 Å². The fourth-order valence-corrected chi connectivity index (χ4v) is 1.35. The summed E-state index contributed by atoms with van der Waals surface area (Å²) < 4.78 is 41.6. The highest BCUT2D eigenvalue weighted by molar-refractivity contribution is 6.33. The number of ether oxygens (including phenoxy) is 1. The van der Waals surface area contributed by atoms with Gasteiger partial charge >= 0.3 is 12.1 Å². The van der Waals surface area contributed by atoms with Gasteiger partial charge in [0.15, 0.2) is 0 Å². The van der Waals surface area contributed by atoms with Gasteiger partial charge in [-0.2, -0.15) is 13.2 Å². The van der Waals surface area contributed by atoms with E-state index in [1.807, 2.05) is 0 Å². The first-order chi connectivity index (χ1) is 8.84. The number of esters is 1. The minimum Gasteiger partial charge on any atom is -0.455 e. The molecule has 0 bridgehead atoms. The van der Waals surface area contributed by atoms with Crippen LogP contribution >= 0.6 is 0 Å². The molecular weight excluding hydrogens is 261 g/mol. The van der Waals surface area contributed by atoms with Crippen molar-refractivity contribution < 1.29 is 27.5 Å². The van der Waals surface area contributed by atoms with E-state index in [2.05, 4.69) is 0 Å². The number of carbonyl (C=O) groups excluding carboxylic acids is 2. The molecule has 0 unspecified atom stereocenters. The lowest BCUT2D eigenvalue weighted by molar-refractivity contribution is -0.154. The summed E-state index contributed by atoms with van der Waals surface area (Å²) in [5, 5.41) is 0. The average Bonchev–Trinajstić information content (AvgIpc) is 2.35. The normalized spacial score (nSPS) is 11.2. The van der Waals surface area contributed by atoms with Gasteiger partial charge in [-0.3, -0.25) is 4.79 Å². The third kappa shape index (κ3) is 4.73. The molecule has 0 aliphatic heterocycles. The van der Waals surface area contributed by atoms with Crippen LogP contribution in [0.15, 0.2) is 24.3 Å². The van der Waals surface area contributed by atoms with Crippen LogP contribution in [0.4, 0.5) is 13.2 Å². The maximum absolute atomic E-state index is 12.3. The third-order valence-corrected chi connectivity index (χ3v) is 2.36. The lowest BCUT2D eigenvalue weighted by atomic mass is 10.1. The van der Waals surface area contributed by atoms with E-state index < -0.39 is 23.5 Å². The molecule has 0 spiro atoms. The number of alkyl halides is 3. The molecule has 0 atom stereocenters.